The lowest BCUT2D eigenvalue weighted by atomic mass is 10.1. The van der Waals surface area contributed by atoms with Gasteiger partial charge < -0.3 is 10.2 Å². The van der Waals surface area contributed by atoms with Crippen LogP contribution in [0.5, 0.6) is 0 Å². The zero-order valence-electron chi connectivity index (χ0n) is 15.2. The smallest absolute Gasteiger partial charge is 0.253 e. The summed E-state index contributed by atoms with van der Waals surface area (Å²) in [6.45, 7) is 7.36. The molecule has 1 aromatic carbocycles. The number of anilines is 1. The Kier molecular flexibility index (Phi) is 6.90. The number of carbonyl (C=O) groups excluding carboxylic acids is 1. The molecule has 1 atom stereocenters. The van der Waals surface area contributed by atoms with Crippen LogP contribution in [-0.2, 0) is 10.0 Å². The molecule has 26 heavy (non-hydrogen) atoms. The number of carbonyl (C=O) groups is 1. The molecule has 146 valence electrons. The van der Waals surface area contributed by atoms with Gasteiger partial charge in [-0.2, -0.15) is 0 Å². The van der Waals surface area contributed by atoms with Crippen molar-refractivity contribution in [3.63, 3.8) is 0 Å². The number of hydrogen-bond donors (Lipinski definition) is 2. The van der Waals surface area contributed by atoms with Gasteiger partial charge in [0.05, 0.1) is 11.9 Å². The molecule has 3 rings (SSSR count). The van der Waals surface area contributed by atoms with Crippen LogP contribution in [-0.4, -0.2) is 75.7 Å². The lowest BCUT2D eigenvalue weighted by molar-refractivity contribution is 0.0773. The molecular weight excluding hydrogens is 376 g/mol. The van der Waals surface area contributed by atoms with E-state index < -0.39 is 10.0 Å². The van der Waals surface area contributed by atoms with E-state index in [1.165, 1.54) is 0 Å². The minimum Gasteiger partial charge on any atom is -0.337 e. The average molecular weight is 403 g/mol. The predicted molar refractivity (Wildman–Crippen MR) is 106 cm³/mol. The highest BCUT2D eigenvalue weighted by Crippen LogP contribution is 2.22. The molecule has 2 N–H and O–H groups in total. The lowest BCUT2D eigenvalue weighted by Crippen LogP contribution is -2.49. The Morgan fingerprint density at radius 3 is 2.58 bits per heavy atom. The number of halogens is 1. The summed E-state index contributed by atoms with van der Waals surface area (Å²) in [4.78, 5) is 17.2. The van der Waals surface area contributed by atoms with Gasteiger partial charge in [-0.05, 0) is 31.0 Å². The van der Waals surface area contributed by atoms with Crippen LogP contribution in [0.4, 0.5) is 5.69 Å². The molecule has 2 heterocycles. The molecule has 0 bridgehead atoms. The van der Waals surface area contributed by atoms with E-state index in [0.717, 1.165) is 57.5 Å². The number of amides is 1. The highest BCUT2D eigenvalue weighted by Gasteiger charge is 2.31. The Hall–Kier alpha value is -1.35. The first-order valence-corrected chi connectivity index (χ1v) is 10.5. The maximum atomic E-state index is 12.8. The second-order valence-corrected chi connectivity index (χ2v) is 8.63. The SMILES string of the molecule is Cc1ccc(C(=O)N2CCC(N3CCNCC3)C2)cc1NS(C)(=O)=O.Cl. The number of sulfonamides is 1. The quantitative estimate of drug-likeness (QED) is 0.782. The topological polar surface area (TPSA) is 81.8 Å². The summed E-state index contributed by atoms with van der Waals surface area (Å²) in [7, 11) is -3.37. The van der Waals surface area contributed by atoms with E-state index in [1.807, 2.05) is 11.8 Å². The second kappa shape index (κ2) is 8.56. The van der Waals surface area contributed by atoms with Crippen molar-refractivity contribution < 1.29 is 13.2 Å². The van der Waals surface area contributed by atoms with Crippen LogP contribution < -0.4 is 10.0 Å². The minimum atomic E-state index is -3.37. The summed E-state index contributed by atoms with van der Waals surface area (Å²) in [5.74, 6) is -0.0332. The van der Waals surface area contributed by atoms with Gasteiger partial charge in [0.25, 0.3) is 5.91 Å². The first-order valence-electron chi connectivity index (χ1n) is 8.66. The average Bonchev–Trinajstić information content (AvgIpc) is 3.06. The zero-order valence-corrected chi connectivity index (χ0v) is 16.8. The van der Waals surface area contributed by atoms with Gasteiger partial charge in [-0.25, -0.2) is 8.42 Å². The lowest BCUT2D eigenvalue weighted by Gasteiger charge is -2.32. The number of hydrogen-bond acceptors (Lipinski definition) is 5. The molecule has 1 unspecified atom stereocenters. The van der Waals surface area contributed by atoms with Crippen LogP contribution in [0, 0.1) is 6.92 Å². The van der Waals surface area contributed by atoms with Gasteiger partial charge in [-0.3, -0.25) is 14.4 Å². The number of nitrogens with zero attached hydrogens (tertiary/aromatic N) is 2. The fourth-order valence-corrected chi connectivity index (χ4v) is 4.14. The molecule has 7 nitrogen and oxygen atoms in total. The largest absolute Gasteiger partial charge is 0.337 e. The third-order valence-corrected chi connectivity index (χ3v) is 5.49. The molecule has 9 heteroatoms. The maximum absolute atomic E-state index is 12.8. The van der Waals surface area contributed by atoms with E-state index in [0.29, 0.717) is 17.3 Å². The van der Waals surface area contributed by atoms with Crippen molar-refractivity contribution in [2.45, 2.75) is 19.4 Å². The Balaban J connectivity index is 0.00000243. The number of likely N-dealkylation sites (tertiary alicyclic amines) is 1. The maximum Gasteiger partial charge on any atom is 0.253 e. The van der Waals surface area contributed by atoms with Gasteiger partial charge in [0, 0.05) is 50.9 Å². The van der Waals surface area contributed by atoms with Crippen LogP contribution in [0.2, 0.25) is 0 Å². The summed E-state index contributed by atoms with van der Waals surface area (Å²) in [6, 6.07) is 5.61. The summed E-state index contributed by atoms with van der Waals surface area (Å²) in [5, 5.41) is 3.35. The zero-order chi connectivity index (χ0) is 18.0. The van der Waals surface area contributed by atoms with Crippen LogP contribution >= 0.6 is 12.4 Å². The van der Waals surface area contributed by atoms with Crippen molar-refractivity contribution in [1.29, 1.82) is 0 Å². The molecule has 0 spiro atoms. The Morgan fingerprint density at radius 2 is 1.92 bits per heavy atom. The van der Waals surface area contributed by atoms with Gasteiger partial charge in [0.1, 0.15) is 0 Å². The third kappa shape index (κ3) is 5.09. The van der Waals surface area contributed by atoms with Gasteiger partial charge in [-0.15, -0.1) is 12.4 Å². The molecule has 0 radical (unpaired) electrons. The summed E-state index contributed by atoms with van der Waals surface area (Å²) < 4.78 is 25.5. The monoisotopic (exact) mass is 402 g/mol. The number of aryl methyl sites for hydroxylation is 1. The molecule has 2 aliphatic rings. The molecule has 1 amide bonds. The molecule has 0 saturated carbocycles. The number of benzene rings is 1. The van der Waals surface area contributed by atoms with Gasteiger partial charge >= 0.3 is 0 Å². The van der Waals surface area contributed by atoms with Crippen LogP contribution in [0.15, 0.2) is 18.2 Å². The van der Waals surface area contributed by atoms with E-state index in [9.17, 15) is 13.2 Å². The third-order valence-electron chi connectivity index (χ3n) is 4.90. The van der Waals surface area contributed by atoms with Crippen molar-refractivity contribution in [2.75, 3.05) is 50.2 Å². The van der Waals surface area contributed by atoms with Crippen molar-refractivity contribution in [3.8, 4) is 0 Å². The summed E-state index contributed by atoms with van der Waals surface area (Å²) in [6.07, 6.45) is 2.10. The Labute approximate surface area is 161 Å². The van der Waals surface area contributed by atoms with Crippen LogP contribution in [0.1, 0.15) is 22.3 Å². The predicted octanol–water partition coefficient (Wildman–Crippen LogP) is 0.908. The fourth-order valence-electron chi connectivity index (χ4n) is 3.52. The molecule has 2 fully saturated rings. The van der Waals surface area contributed by atoms with E-state index in [4.69, 9.17) is 0 Å². The number of rotatable bonds is 4. The molecule has 0 aliphatic carbocycles. The Morgan fingerprint density at radius 1 is 1.23 bits per heavy atom. The van der Waals surface area contributed by atoms with Crippen molar-refractivity contribution >= 4 is 34.0 Å². The van der Waals surface area contributed by atoms with Crippen molar-refractivity contribution in [3.05, 3.63) is 29.3 Å². The van der Waals surface area contributed by atoms with E-state index in [-0.39, 0.29) is 18.3 Å². The van der Waals surface area contributed by atoms with E-state index in [2.05, 4.69) is 14.9 Å². The minimum absolute atomic E-state index is 0. The van der Waals surface area contributed by atoms with Gasteiger partial charge in [0.15, 0.2) is 0 Å². The fraction of sp³-hybridized carbons (Fsp3) is 0.588. The molecule has 1 aromatic rings. The second-order valence-electron chi connectivity index (χ2n) is 6.88. The molecule has 2 aliphatic heterocycles. The van der Waals surface area contributed by atoms with Crippen molar-refractivity contribution in [2.24, 2.45) is 0 Å². The highest BCUT2D eigenvalue weighted by molar-refractivity contribution is 7.92. The van der Waals surface area contributed by atoms with E-state index >= 15 is 0 Å². The summed E-state index contributed by atoms with van der Waals surface area (Å²) >= 11 is 0. The normalized spacial score (nSPS) is 21.3. The van der Waals surface area contributed by atoms with E-state index in [1.54, 1.807) is 18.2 Å². The standard InChI is InChI=1S/C17H26N4O3S.ClH/c1-13-3-4-14(11-16(13)19-25(2,23)24)17(22)21-8-5-15(12-21)20-9-6-18-7-10-20;/h3-4,11,15,18-19H,5-10,12H2,1-2H3;1H. The van der Waals surface area contributed by atoms with Crippen LogP contribution in [0.25, 0.3) is 0 Å². The number of nitrogens with one attached hydrogen (secondary N) is 2. The molecule has 2 saturated heterocycles. The molecular formula is C17H27ClN4O3S. The first-order chi connectivity index (χ1) is 11.8. The first kappa shape index (κ1) is 21.0. The van der Waals surface area contributed by atoms with Crippen LogP contribution in [0.3, 0.4) is 0 Å². The summed E-state index contributed by atoms with van der Waals surface area (Å²) in [5.41, 5.74) is 1.78. The van der Waals surface area contributed by atoms with Gasteiger partial charge in [0.2, 0.25) is 10.0 Å². The number of piperazine rings is 1. The molecule has 0 aromatic heterocycles. The van der Waals surface area contributed by atoms with Gasteiger partial charge in [-0.1, -0.05) is 6.07 Å². The highest BCUT2D eigenvalue weighted by atomic mass is 35.5. The van der Waals surface area contributed by atoms with Crippen molar-refractivity contribution in [1.82, 2.24) is 15.1 Å². The Bertz CT molecular complexity index is 750.